The minimum absolute atomic E-state index is 0.0982. The standard InChI is InChI=1S/C8H15NO2/c1-5-6(2)9(4)7(3)8(10)11/h5-7H,1H2,2-4H3,(H,10,11). The van der Waals surface area contributed by atoms with Gasteiger partial charge in [0, 0.05) is 6.04 Å². The average molecular weight is 157 g/mol. The van der Waals surface area contributed by atoms with Gasteiger partial charge < -0.3 is 5.11 Å². The Bertz CT molecular complexity index is 156. The van der Waals surface area contributed by atoms with Crippen molar-refractivity contribution in [2.24, 2.45) is 0 Å². The van der Waals surface area contributed by atoms with E-state index in [2.05, 4.69) is 6.58 Å². The Morgan fingerprint density at radius 3 is 2.36 bits per heavy atom. The normalized spacial score (nSPS) is 16.0. The number of aliphatic carboxylic acids is 1. The minimum Gasteiger partial charge on any atom is -0.480 e. The van der Waals surface area contributed by atoms with Gasteiger partial charge >= 0.3 is 5.97 Å². The van der Waals surface area contributed by atoms with Crippen LogP contribution in [-0.4, -0.2) is 35.1 Å². The summed E-state index contributed by atoms with van der Waals surface area (Å²) >= 11 is 0. The van der Waals surface area contributed by atoms with Crippen LogP contribution < -0.4 is 0 Å². The highest BCUT2D eigenvalue weighted by Gasteiger charge is 2.19. The van der Waals surface area contributed by atoms with E-state index in [9.17, 15) is 4.79 Å². The van der Waals surface area contributed by atoms with Crippen LogP contribution in [0.4, 0.5) is 0 Å². The summed E-state index contributed by atoms with van der Waals surface area (Å²) in [6, 6.07) is -0.357. The zero-order valence-corrected chi connectivity index (χ0v) is 7.24. The molecule has 64 valence electrons. The lowest BCUT2D eigenvalue weighted by molar-refractivity contribution is -0.142. The molecule has 0 spiro atoms. The molecule has 0 aliphatic heterocycles. The van der Waals surface area contributed by atoms with Gasteiger partial charge in [-0.3, -0.25) is 9.69 Å². The molecule has 1 N–H and O–H groups in total. The molecule has 0 saturated carbocycles. The van der Waals surface area contributed by atoms with Gasteiger partial charge in [0.05, 0.1) is 0 Å². The number of hydrogen-bond donors (Lipinski definition) is 1. The van der Waals surface area contributed by atoms with Gasteiger partial charge in [0.2, 0.25) is 0 Å². The molecule has 3 nitrogen and oxygen atoms in total. The van der Waals surface area contributed by atoms with Crippen molar-refractivity contribution in [2.75, 3.05) is 7.05 Å². The van der Waals surface area contributed by atoms with Crippen LogP contribution in [0.2, 0.25) is 0 Å². The Morgan fingerprint density at radius 1 is 1.64 bits per heavy atom. The third-order valence-corrected chi connectivity index (χ3v) is 1.95. The predicted molar refractivity (Wildman–Crippen MR) is 44.5 cm³/mol. The maximum atomic E-state index is 10.5. The molecule has 0 heterocycles. The van der Waals surface area contributed by atoms with E-state index in [0.29, 0.717) is 0 Å². The molecule has 2 atom stereocenters. The van der Waals surface area contributed by atoms with Crippen LogP contribution in [0, 0.1) is 0 Å². The molecule has 0 fully saturated rings. The van der Waals surface area contributed by atoms with Gasteiger partial charge in [-0.2, -0.15) is 0 Å². The van der Waals surface area contributed by atoms with Gasteiger partial charge in [0.25, 0.3) is 0 Å². The summed E-state index contributed by atoms with van der Waals surface area (Å²) in [5, 5.41) is 8.62. The fraction of sp³-hybridized carbons (Fsp3) is 0.625. The summed E-state index contributed by atoms with van der Waals surface area (Å²) in [6.45, 7) is 7.15. The number of carboxylic acid groups (broad SMARTS) is 1. The van der Waals surface area contributed by atoms with Gasteiger partial charge in [-0.1, -0.05) is 6.08 Å². The third kappa shape index (κ3) is 2.72. The highest BCUT2D eigenvalue weighted by molar-refractivity contribution is 5.72. The Kier molecular flexibility index (Phi) is 3.82. The maximum absolute atomic E-state index is 10.5. The zero-order chi connectivity index (χ0) is 9.02. The smallest absolute Gasteiger partial charge is 0.320 e. The van der Waals surface area contributed by atoms with E-state index in [1.165, 1.54) is 0 Å². The number of hydrogen-bond acceptors (Lipinski definition) is 2. The van der Waals surface area contributed by atoms with E-state index in [1.807, 2.05) is 6.92 Å². The second-order valence-electron chi connectivity index (χ2n) is 2.66. The molecular formula is C8H15NO2. The fourth-order valence-electron chi connectivity index (χ4n) is 0.693. The van der Waals surface area contributed by atoms with Crippen molar-refractivity contribution in [3.8, 4) is 0 Å². The lowest BCUT2D eigenvalue weighted by Crippen LogP contribution is -2.40. The van der Waals surface area contributed by atoms with Crippen molar-refractivity contribution in [3.05, 3.63) is 12.7 Å². The van der Waals surface area contributed by atoms with Gasteiger partial charge in [0.1, 0.15) is 6.04 Å². The summed E-state index contributed by atoms with van der Waals surface area (Å²) in [5.41, 5.74) is 0. The molecule has 3 heteroatoms. The van der Waals surface area contributed by atoms with Crippen molar-refractivity contribution in [1.29, 1.82) is 0 Å². The Hall–Kier alpha value is -0.830. The van der Waals surface area contributed by atoms with Crippen molar-refractivity contribution in [2.45, 2.75) is 25.9 Å². The SMILES string of the molecule is C=CC(C)N(C)C(C)C(=O)O. The molecule has 2 unspecified atom stereocenters. The van der Waals surface area contributed by atoms with E-state index in [4.69, 9.17) is 5.11 Å². The highest BCUT2D eigenvalue weighted by Crippen LogP contribution is 2.02. The lowest BCUT2D eigenvalue weighted by Gasteiger charge is -2.25. The summed E-state index contributed by atoms with van der Waals surface area (Å²) in [6.07, 6.45) is 1.72. The topological polar surface area (TPSA) is 40.5 Å². The number of nitrogens with zero attached hydrogens (tertiary/aromatic N) is 1. The number of likely N-dealkylation sites (N-methyl/N-ethyl adjacent to an activating group) is 1. The quantitative estimate of drug-likeness (QED) is 0.618. The van der Waals surface area contributed by atoms with Gasteiger partial charge in [-0.15, -0.1) is 6.58 Å². The van der Waals surface area contributed by atoms with Gasteiger partial charge in [-0.05, 0) is 20.9 Å². The van der Waals surface area contributed by atoms with Crippen molar-refractivity contribution < 1.29 is 9.90 Å². The van der Waals surface area contributed by atoms with Crippen LogP contribution in [0.15, 0.2) is 12.7 Å². The van der Waals surface area contributed by atoms with Crippen LogP contribution in [0.5, 0.6) is 0 Å². The molecule has 0 rings (SSSR count). The van der Waals surface area contributed by atoms with E-state index in [-0.39, 0.29) is 6.04 Å². The van der Waals surface area contributed by atoms with Gasteiger partial charge in [0.15, 0.2) is 0 Å². The molecule has 0 aromatic rings. The molecule has 0 saturated heterocycles. The Balaban J connectivity index is 4.11. The Morgan fingerprint density at radius 2 is 2.09 bits per heavy atom. The minimum atomic E-state index is -0.804. The summed E-state index contributed by atoms with van der Waals surface area (Å²) < 4.78 is 0. The van der Waals surface area contributed by atoms with Crippen LogP contribution in [0.25, 0.3) is 0 Å². The van der Waals surface area contributed by atoms with Crippen molar-refractivity contribution >= 4 is 5.97 Å². The van der Waals surface area contributed by atoms with E-state index in [1.54, 1.807) is 24.9 Å². The van der Waals surface area contributed by atoms with Crippen LogP contribution >= 0.6 is 0 Å². The van der Waals surface area contributed by atoms with E-state index in [0.717, 1.165) is 0 Å². The first-order valence-corrected chi connectivity index (χ1v) is 3.58. The number of carboxylic acids is 1. The molecular weight excluding hydrogens is 142 g/mol. The van der Waals surface area contributed by atoms with Crippen molar-refractivity contribution in [1.82, 2.24) is 4.90 Å². The van der Waals surface area contributed by atoms with Crippen LogP contribution in [0.3, 0.4) is 0 Å². The highest BCUT2D eigenvalue weighted by atomic mass is 16.4. The van der Waals surface area contributed by atoms with Gasteiger partial charge in [-0.25, -0.2) is 0 Å². The molecule has 0 radical (unpaired) electrons. The van der Waals surface area contributed by atoms with E-state index >= 15 is 0 Å². The second kappa shape index (κ2) is 4.13. The maximum Gasteiger partial charge on any atom is 0.320 e. The summed E-state index contributed by atoms with van der Waals surface area (Å²) in [7, 11) is 1.77. The molecule has 0 aliphatic carbocycles. The average Bonchev–Trinajstić information content (AvgIpc) is 2.00. The molecule has 11 heavy (non-hydrogen) atoms. The first-order valence-electron chi connectivity index (χ1n) is 3.58. The van der Waals surface area contributed by atoms with Crippen LogP contribution in [0.1, 0.15) is 13.8 Å². The molecule has 0 aromatic heterocycles. The molecule has 0 aromatic carbocycles. The monoisotopic (exact) mass is 157 g/mol. The zero-order valence-electron chi connectivity index (χ0n) is 7.24. The molecule has 0 amide bonds. The molecule has 0 bridgehead atoms. The van der Waals surface area contributed by atoms with E-state index < -0.39 is 12.0 Å². The third-order valence-electron chi connectivity index (χ3n) is 1.95. The van der Waals surface area contributed by atoms with Crippen molar-refractivity contribution in [3.63, 3.8) is 0 Å². The fourth-order valence-corrected chi connectivity index (χ4v) is 0.693. The predicted octanol–water partition coefficient (Wildman–Crippen LogP) is 0.966. The largest absolute Gasteiger partial charge is 0.480 e. The van der Waals surface area contributed by atoms with Crippen LogP contribution in [-0.2, 0) is 4.79 Å². The lowest BCUT2D eigenvalue weighted by atomic mass is 10.2. The first-order chi connectivity index (χ1) is 5.00. The first kappa shape index (κ1) is 10.2. The summed E-state index contributed by atoms with van der Waals surface area (Å²) in [5.74, 6) is -0.804. The second-order valence-corrected chi connectivity index (χ2v) is 2.66. The summed E-state index contributed by atoms with van der Waals surface area (Å²) in [4.78, 5) is 12.2. The number of rotatable bonds is 4. The Labute approximate surface area is 67.3 Å². The number of carbonyl (C=O) groups is 1. The molecule has 0 aliphatic rings.